The van der Waals surface area contributed by atoms with Crippen molar-refractivity contribution in [1.29, 1.82) is 0 Å². The van der Waals surface area contributed by atoms with Gasteiger partial charge < -0.3 is 10.0 Å². The van der Waals surface area contributed by atoms with E-state index in [4.69, 9.17) is 0 Å². The molecule has 1 N–H and O–H groups in total. The van der Waals surface area contributed by atoms with Crippen LogP contribution in [0.25, 0.3) is 0 Å². The second-order valence-corrected chi connectivity index (χ2v) is 9.97. The minimum Gasteiger partial charge on any atom is -0.481 e. The molecule has 0 saturated heterocycles. The van der Waals surface area contributed by atoms with E-state index in [0.29, 0.717) is 29.7 Å². The Morgan fingerprint density at radius 1 is 1.19 bits per heavy atom. The normalized spacial score (nSPS) is 48.5. The van der Waals surface area contributed by atoms with E-state index < -0.39 is 5.97 Å². The predicted octanol–water partition coefficient (Wildman–Crippen LogP) is 3.96. The fourth-order valence-corrected chi connectivity index (χ4v) is 7.77. The van der Waals surface area contributed by atoms with Crippen LogP contribution in [0.2, 0.25) is 0 Å². The maximum atomic E-state index is 12.2. The van der Waals surface area contributed by atoms with Gasteiger partial charge in [0.15, 0.2) is 0 Å². The van der Waals surface area contributed by atoms with Crippen LogP contribution in [0.1, 0.15) is 59.3 Å². The number of carboxylic acids is 1. The molecule has 0 spiro atoms. The quantitative estimate of drug-likeness (QED) is 0.812. The summed E-state index contributed by atoms with van der Waals surface area (Å²) in [7, 11) is 1.96. The molecule has 0 aromatic rings. The van der Waals surface area contributed by atoms with Crippen LogP contribution in [-0.4, -0.2) is 35.0 Å². The SMILES string of the molecule is C[C@H](C(=O)O)[C@H]1CC[C@H]2[C@@H]3CC[C@H]4N(C)C(=O)C=C[C@]4(C)[C@H]3CC[C@]12C. The topological polar surface area (TPSA) is 57.6 Å². The summed E-state index contributed by atoms with van der Waals surface area (Å²) in [6.07, 6.45) is 10.8. The van der Waals surface area contributed by atoms with Crippen molar-refractivity contribution in [2.45, 2.75) is 65.3 Å². The Morgan fingerprint density at radius 3 is 2.62 bits per heavy atom. The van der Waals surface area contributed by atoms with Crippen LogP contribution in [0.15, 0.2) is 12.2 Å². The number of hydrogen-bond acceptors (Lipinski definition) is 2. The molecule has 26 heavy (non-hydrogen) atoms. The first-order valence-electron chi connectivity index (χ1n) is 10.4. The lowest BCUT2D eigenvalue weighted by molar-refractivity contribution is -0.147. The zero-order valence-electron chi connectivity index (χ0n) is 16.6. The standard InChI is InChI=1S/C22H33NO3/c1-13(20(25)26)15-6-7-16-14-5-8-18-22(3,12-10-19(24)23(18)4)17(14)9-11-21(15,16)2/h10,12-18H,5-9,11H2,1-4H3,(H,25,26)/t13-,14-,15+,16-,17-,18+,21+,22+/m0/s1. The largest absolute Gasteiger partial charge is 0.481 e. The Labute approximate surface area is 157 Å². The average molecular weight is 360 g/mol. The lowest BCUT2D eigenvalue weighted by Gasteiger charge is -2.60. The first-order valence-corrected chi connectivity index (χ1v) is 10.4. The van der Waals surface area contributed by atoms with Crippen LogP contribution in [0, 0.1) is 40.4 Å². The van der Waals surface area contributed by atoms with E-state index in [-0.39, 0.29) is 22.7 Å². The maximum Gasteiger partial charge on any atom is 0.306 e. The molecule has 1 aliphatic heterocycles. The second kappa shape index (κ2) is 5.84. The number of carbonyl (C=O) groups excluding carboxylic acids is 1. The van der Waals surface area contributed by atoms with Crippen molar-refractivity contribution in [3.63, 3.8) is 0 Å². The summed E-state index contributed by atoms with van der Waals surface area (Å²) in [6, 6.07) is 0.320. The molecule has 1 heterocycles. The van der Waals surface area contributed by atoms with Gasteiger partial charge in [-0.25, -0.2) is 0 Å². The van der Waals surface area contributed by atoms with Crippen LogP contribution in [0.5, 0.6) is 0 Å². The van der Waals surface area contributed by atoms with E-state index in [9.17, 15) is 14.7 Å². The van der Waals surface area contributed by atoms with Gasteiger partial charge in [-0.1, -0.05) is 26.8 Å². The number of rotatable bonds is 2. The molecule has 3 saturated carbocycles. The Morgan fingerprint density at radius 2 is 1.92 bits per heavy atom. The summed E-state index contributed by atoms with van der Waals surface area (Å²) in [5, 5.41) is 9.58. The molecule has 8 atom stereocenters. The minimum atomic E-state index is -0.634. The fourth-order valence-electron chi connectivity index (χ4n) is 7.77. The third-order valence-corrected chi connectivity index (χ3v) is 9.19. The fraction of sp³-hybridized carbons (Fsp3) is 0.818. The lowest BCUT2D eigenvalue weighted by Crippen LogP contribution is -2.59. The molecule has 4 rings (SSSR count). The smallest absolute Gasteiger partial charge is 0.306 e. The van der Waals surface area contributed by atoms with Crippen LogP contribution >= 0.6 is 0 Å². The van der Waals surface area contributed by atoms with E-state index in [2.05, 4.69) is 19.9 Å². The van der Waals surface area contributed by atoms with Gasteiger partial charge in [-0.05, 0) is 73.7 Å². The highest BCUT2D eigenvalue weighted by molar-refractivity contribution is 5.89. The van der Waals surface area contributed by atoms with Crippen molar-refractivity contribution in [2.75, 3.05) is 7.05 Å². The second-order valence-electron chi connectivity index (χ2n) is 9.97. The molecule has 0 bridgehead atoms. The molecule has 0 radical (unpaired) electrons. The molecule has 4 heteroatoms. The van der Waals surface area contributed by atoms with Gasteiger partial charge in [0.1, 0.15) is 0 Å². The molecule has 3 fully saturated rings. The molecular weight excluding hydrogens is 326 g/mol. The third kappa shape index (κ3) is 2.26. The van der Waals surface area contributed by atoms with Gasteiger partial charge in [-0.15, -0.1) is 0 Å². The van der Waals surface area contributed by atoms with Gasteiger partial charge in [0.2, 0.25) is 5.91 Å². The summed E-state index contributed by atoms with van der Waals surface area (Å²) < 4.78 is 0. The number of amides is 1. The highest BCUT2D eigenvalue weighted by Crippen LogP contribution is 2.66. The Balaban J connectivity index is 1.64. The van der Waals surface area contributed by atoms with Crippen molar-refractivity contribution in [2.24, 2.45) is 40.4 Å². The number of aliphatic carboxylic acids is 1. The first kappa shape index (κ1) is 18.1. The molecular formula is C22H33NO3. The van der Waals surface area contributed by atoms with Crippen molar-refractivity contribution in [1.82, 2.24) is 4.90 Å². The highest BCUT2D eigenvalue weighted by atomic mass is 16.4. The number of fused-ring (bicyclic) bond motifs is 5. The number of hydrogen-bond donors (Lipinski definition) is 1. The minimum absolute atomic E-state index is 0.0728. The molecule has 144 valence electrons. The van der Waals surface area contributed by atoms with E-state index in [0.717, 1.165) is 19.3 Å². The predicted molar refractivity (Wildman–Crippen MR) is 100 cm³/mol. The highest BCUT2D eigenvalue weighted by Gasteiger charge is 2.61. The molecule has 0 unspecified atom stereocenters. The zero-order chi connectivity index (χ0) is 18.9. The molecule has 3 aliphatic carbocycles. The molecule has 4 nitrogen and oxygen atoms in total. The third-order valence-electron chi connectivity index (χ3n) is 9.19. The van der Waals surface area contributed by atoms with Gasteiger partial charge in [0, 0.05) is 18.5 Å². The number of nitrogens with zero attached hydrogens (tertiary/aromatic N) is 1. The average Bonchev–Trinajstić information content (AvgIpc) is 2.95. The molecule has 0 aromatic carbocycles. The van der Waals surface area contributed by atoms with Gasteiger partial charge in [0.05, 0.1) is 5.92 Å². The summed E-state index contributed by atoms with van der Waals surface area (Å²) in [4.78, 5) is 25.8. The zero-order valence-corrected chi connectivity index (χ0v) is 16.6. The van der Waals surface area contributed by atoms with Crippen molar-refractivity contribution in [3.05, 3.63) is 12.2 Å². The van der Waals surface area contributed by atoms with E-state index in [1.807, 2.05) is 18.9 Å². The maximum absolute atomic E-state index is 12.2. The van der Waals surface area contributed by atoms with Crippen molar-refractivity contribution in [3.8, 4) is 0 Å². The molecule has 4 aliphatic rings. The Hall–Kier alpha value is -1.32. The van der Waals surface area contributed by atoms with Crippen molar-refractivity contribution >= 4 is 11.9 Å². The van der Waals surface area contributed by atoms with Crippen molar-refractivity contribution < 1.29 is 14.7 Å². The van der Waals surface area contributed by atoms with Gasteiger partial charge >= 0.3 is 5.97 Å². The number of likely N-dealkylation sites (N-methyl/N-ethyl adjacent to an activating group) is 1. The monoisotopic (exact) mass is 359 g/mol. The van der Waals surface area contributed by atoms with Crippen LogP contribution in [0.4, 0.5) is 0 Å². The number of carboxylic acid groups (broad SMARTS) is 1. The van der Waals surface area contributed by atoms with Gasteiger partial charge in [-0.2, -0.15) is 0 Å². The van der Waals surface area contributed by atoms with E-state index >= 15 is 0 Å². The Kier molecular flexibility index (Phi) is 4.06. The summed E-state index contributed by atoms with van der Waals surface area (Å²) in [5.74, 6) is 1.50. The van der Waals surface area contributed by atoms with Gasteiger partial charge in [-0.3, -0.25) is 9.59 Å². The van der Waals surface area contributed by atoms with Crippen LogP contribution in [-0.2, 0) is 9.59 Å². The summed E-state index contributed by atoms with van der Waals surface area (Å²) in [5.41, 5.74) is 0.242. The van der Waals surface area contributed by atoms with Crippen LogP contribution < -0.4 is 0 Å². The molecule has 1 amide bonds. The lowest BCUT2D eigenvalue weighted by atomic mass is 9.47. The summed E-state index contributed by atoms with van der Waals surface area (Å²) in [6.45, 7) is 6.66. The Bertz CT molecular complexity index is 658. The first-order chi connectivity index (χ1) is 12.2. The van der Waals surface area contributed by atoms with Gasteiger partial charge in [0.25, 0.3) is 0 Å². The van der Waals surface area contributed by atoms with E-state index in [1.54, 1.807) is 6.08 Å². The number of carbonyl (C=O) groups is 2. The van der Waals surface area contributed by atoms with E-state index in [1.165, 1.54) is 19.3 Å². The van der Waals surface area contributed by atoms with Crippen LogP contribution in [0.3, 0.4) is 0 Å². The summed E-state index contributed by atoms with van der Waals surface area (Å²) >= 11 is 0. The molecule has 0 aromatic heterocycles.